The van der Waals surface area contributed by atoms with Crippen molar-refractivity contribution in [3.8, 4) is 5.75 Å². The van der Waals surface area contributed by atoms with Gasteiger partial charge in [0, 0.05) is 28.2 Å². The SMILES string of the molecule is C[C@H](NCc1cccc(OCc2c(Cl)cccc2Cl)c1)c1ccccc1. The molecule has 134 valence electrons. The summed E-state index contributed by atoms with van der Waals surface area (Å²) in [6.07, 6.45) is 0. The molecule has 3 rings (SSSR count). The predicted octanol–water partition coefficient (Wildman–Crippen LogP) is 6.42. The Morgan fingerprint density at radius 3 is 2.31 bits per heavy atom. The molecule has 0 heterocycles. The fourth-order valence-electron chi connectivity index (χ4n) is 2.70. The van der Waals surface area contributed by atoms with Crippen LogP contribution < -0.4 is 10.1 Å². The van der Waals surface area contributed by atoms with Gasteiger partial charge in [0.05, 0.1) is 0 Å². The lowest BCUT2D eigenvalue weighted by Crippen LogP contribution is -2.17. The van der Waals surface area contributed by atoms with Crippen LogP contribution in [0.25, 0.3) is 0 Å². The van der Waals surface area contributed by atoms with Crippen LogP contribution in [0, 0.1) is 0 Å². The number of halogens is 2. The summed E-state index contributed by atoms with van der Waals surface area (Å²) in [4.78, 5) is 0. The molecule has 0 saturated heterocycles. The summed E-state index contributed by atoms with van der Waals surface area (Å²) >= 11 is 12.4. The van der Waals surface area contributed by atoms with E-state index in [0.717, 1.165) is 23.4 Å². The third kappa shape index (κ3) is 5.01. The minimum absolute atomic E-state index is 0.280. The van der Waals surface area contributed by atoms with Crippen molar-refractivity contribution in [3.05, 3.63) is 99.5 Å². The van der Waals surface area contributed by atoms with Crippen LogP contribution in [0.4, 0.5) is 0 Å². The Balaban J connectivity index is 1.60. The number of benzene rings is 3. The Morgan fingerprint density at radius 1 is 0.885 bits per heavy atom. The van der Waals surface area contributed by atoms with Crippen LogP contribution >= 0.6 is 23.2 Å². The molecule has 0 bridgehead atoms. The van der Waals surface area contributed by atoms with Gasteiger partial charge in [-0.15, -0.1) is 0 Å². The summed E-state index contributed by atoms with van der Waals surface area (Å²) in [7, 11) is 0. The van der Waals surface area contributed by atoms with Crippen molar-refractivity contribution in [1.82, 2.24) is 5.32 Å². The third-order valence-corrected chi connectivity index (χ3v) is 4.96. The quantitative estimate of drug-likeness (QED) is 0.506. The first kappa shape index (κ1) is 18.8. The Bertz CT molecular complexity index is 832. The Kier molecular flexibility index (Phi) is 6.56. The molecule has 0 fully saturated rings. The van der Waals surface area contributed by atoms with Gasteiger partial charge in [-0.25, -0.2) is 0 Å². The first-order valence-electron chi connectivity index (χ1n) is 8.56. The largest absolute Gasteiger partial charge is 0.489 e. The van der Waals surface area contributed by atoms with Gasteiger partial charge in [-0.3, -0.25) is 0 Å². The second kappa shape index (κ2) is 9.09. The highest BCUT2D eigenvalue weighted by Crippen LogP contribution is 2.26. The van der Waals surface area contributed by atoms with Crippen LogP contribution in [0.2, 0.25) is 10.0 Å². The number of ether oxygens (including phenoxy) is 1. The zero-order valence-electron chi connectivity index (χ0n) is 14.6. The molecule has 0 spiro atoms. The molecular formula is C22H21Cl2NO. The molecule has 0 amide bonds. The highest BCUT2D eigenvalue weighted by atomic mass is 35.5. The average Bonchev–Trinajstić information content (AvgIpc) is 2.67. The van der Waals surface area contributed by atoms with Gasteiger partial charge in [-0.05, 0) is 42.3 Å². The highest BCUT2D eigenvalue weighted by Gasteiger charge is 2.07. The summed E-state index contributed by atoms with van der Waals surface area (Å²) in [5.74, 6) is 0.799. The Hall–Kier alpha value is -2.00. The number of rotatable bonds is 7. The molecule has 3 aromatic carbocycles. The molecule has 0 saturated carbocycles. The third-order valence-electron chi connectivity index (χ3n) is 4.26. The minimum Gasteiger partial charge on any atom is -0.489 e. The molecule has 3 aromatic rings. The second-order valence-electron chi connectivity index (χ2n) is 6.15. The van der Waals surface area contributed by atoms with Crippen LogP contribution in [-0.4, -0.2) is 0 Å². The summed E-state index contributed by atoms with van der Waals surface area (Å²) < 4.78 is 5.89. The smallest absolute Gasteiger partial charge is 0.120 e. The standard InChI is InChI=1S/C22H21Cl2NO/c1-16(18-8-3-2-4-9-18)25-14-17-7-5-10-19(13-17)26-15-20-21(23)11-6-12-22(20)24/h2-13,16,25H,14-15H2,1H3/t16-/m0/s1. The van der Waals surface area contributed by atoms with Crippen molar-refractivity contribution in [2.75, 3.05) is 0 Å². The molecule has 1 N–H and O–H groups in total. The summed E-state index contributed by atoms with van der Waals surface area (Å²) in [6, 6.07) is 24.2. The first-order valence-corrected chi connectivity index (χ1v) is 9.32. The summed E-state index contributed by atoms with van der Waals surface area (Å²) in [6.45, 7) is 3.27. The van der Waals surface area contributed by atoms with Crippen LogP contribution in [0.1, 0.15) is 29.7 Å². The van der Waals surface area contributed by atoms with Crippen LogP contribution in [0.15, 0.2) is 72.8 Å². The highest BCUT2D eigenvalue weighted by molar-refractivity contribution is 6.35. The van der Waals surface area contributed by atoms with E-state index < -0.39 is 0 Å². The van der Waals surface area contributed by atoms with Gasteiger partial charge in [0.15, 0.2) is 0 Å². The van der Waals surface area contributed by atoms with Gasteiger partial charge < -0.3 is 10.1 Å². The van der Waals surface area contributed by atoms with Crippen molar-refractivity contribution in [2.45, 2.75) is 26.1 Å². The molecule has 0 aliphatic carbocycles. The molecule has 1 atom stereocenters. The van der Waals surface area contributed by atoms with Crippen LogP contribution in [-0.2, 0) is 13.2 Å². The van der Waals surface area contributed by atoms with Crippen molar-refractivity contribution in [3.63, 3.8) is 0 Å². The fourth-order valence-corrected chi connectivity index (χ4v) is 3.21. The maximum atomic E-state index is 6.20. The van der Waals surface area contributed by atoms with Crippen molar-refractivity contribution in [2.24, 2.45) is 0 Å². The van der Waals surface area contributed by atoms with E-state index in [1.807, 2.05) is 42.5 Å². The van der Waals surface area contributed by atoms with E-state index in [9.17, 15) is 0 Å². The van der Waals surface area contributed by atoms with E-state index in [4.69, 9.17) is 27.9 Å². The molecule has 0 radical (unpaired) electrons. The minimum atomic E-state index is 0.280. The topological polar surface area (TPSA) is 21.3 Å². The molecule has 0 unspecified atom stereocenters. The number of hydrogen-bond donors (Lipinski definition) is 1. The Labute approximate surface area is 164 Å². The van der Waals surface area contributed by atoms with Crippen LogP contribution in [0.3, 0.4) is 0 Å². The first-order chi connectivity index (χ1) is 12.6. The molecule has 0 aliphatic rings. The molecule has 0 aromatic heterocycles. The predicted molar refractivity (Wildman–Crippen MR) is 109 cm³/mol. The van der Waals surface area contributed by atoms with Gasteiger partial charge in [0.1, 0.15) is 12.4 Å². The van der Waals surface area contributed by atoms with E-state index in [1.54, 1.807) is 0 Å². The lowest BCUT2D eigenvalue weighted by atomic mass is 10.1. The fraction of sp³-hybridized carbons (Fsp3) is 0.182. The van der Waals surface area contributed by atoms with Crippen molar-refractivity contribution < 1.29 is 4.74 Å². The zero-order valence-corrected chi connectivity index (χ0v) is 16.1. The maximum absolute atomic E-state index is 6.20. The van der Waals surface area contributed by atoms with Gasteiger partial charge >= 0.3 is 0 Å². The van der Waals surface area contributed by atoms with E-state index in [-0.39, 0.29) is 6.04 Å². The Morgan fingerprint density at radius 2 is 1.58 bits per heavy atom. The monoisotopic (exact) mass is 385 g/mol. The van der Waals surface area contributed by atoms with E-state index in [1.165, 1.54) is 5.56 Å². The molecular weight excluding hydrogens is 365 g/mol. The summed E-state index contributed by atoms with van der Waals surface area (Å²) in [5, 5.41) is 4.77. The second-order valence-corrected chi connectivity index (χ2v) is 6.96. The number of nitrogens with one attached hydrogen (secondary N) is 1. The van der Waals surface area contributed by atoms with E-state index >= 15 is 0 Å². The summed E-state index contributed by atoms with van der Waals surface area (Å²) in [5.41, 5.74) is 3.24. The van der Waals surface area contributed by atoms with Gasteiger partial charge in [0.2, 0.25) is 0 Å². The van der Waals surface area contributed by atoms with Crippen molar-refractivity contribution >= 4 is 23.2 Å². The lowest BCUT2D eigenvalue weighted by Gasteiger charge is -2.15. The van der Waals surface area contributed by atoms with Crippen LogP contribution in [0.5, 0.6) is 5.75 Å². The molecule has 4 heteroatoms. The molecule has 26 heavy (non-hydrogen) atoms. The zero-order chi connectivity index (χ0) is 18.4. The van der Waals surface area contributed by atoms with Gasteiger partial charge in [-0.1, -0.05) is 71.7 Å². The average molecular weight is 386 g/mol. The van der Waals surface area contributed by atoms with E-state index in [2.05, 4.69) is 42.6 Å². The van der Waals surface area contributed by atoms with E-state index in [0.29, 0.717) is 16.7 Å². The van der Waals surface area contributed by atoms with Gasteiger partial charge in [0.25, 0.3) is 0 Å². The van der Waals surface area contributed by atoms with Crippen molar-refractivity contribution in [1.29, 1.82) is 0 Å². The van der Waals surface area contributed by atoms with Gasteiger partial charge in [-0.2, -0.15) is 0 Å². The molecule has 2 nitrogen and oxygen atoms in total. The lowest BCUT2D eigenvalue weighted by molar-refractivity contribution is 0.306. The maximum Gasteiger partial charge on any atom is 0.120 e. The number of hydrogen-bond acceptors (Lipinski definition) is 2. The molecule has 0 aliphatic heterocycles. The normalized spacial score (nSPS) is 12.0.